The summed E-state index contributed by atoms with van der Waals surface area (Å²) in [6.45, 7) is 0. The summed E-state index contributed by atoms with van der Waals surface area (Å²) >= 11 is 1.39. The molecule has 2 aliphatic carbocycles. The Balaban J connectivity index is 1.84. The zero-order chi connectivity index (χ0) is 19.3. The number of nitrogens with zero attached hydrogens (tertiary/aromatic N) is 3. The first-order valence-electron chi connectivity index (χ1n) is 9.49. The van der Waals surface area contributed by atoms with Crippen LogP contribution < -0.4 is 20.1 Å². The van der Waals surface area contributed by atoms with Crippen LogP contribution >= 0.6 is 11.3 Å². The molecule has 0 aromatic carbocycles. The van der Waals surface area contributed by atoms with Crippen molar-refractivity contribution in [3.8, 4) is 0 Å². The molecule has 7 heteroatoms. The molecule has 0 saturated heterocycles. The van der Waals surface area contributed by atoms with Crippen LogP contribution in [0.5, 0.6) is 0 Å². The van der Waals surface area contributed by atoms with E-state index in [2.05, 4.69) is 4.98 Å². The molecule has 0 bridgehead atoms. The number of carbonyl (C=O) groups is 2. The molecule has 0 radical (unpaired) electrons. The molecule has 1 fully saturated rings. The van der Waals surface area contributed by atoms with E-state index in [0.717, 1.165) is 36.6 Å². The van der Waals surface area contributed by atoms with Crippen LogP contribution in [0.25, 0.3) is 6.08 Å². The first kappa shape index (κ1) is 17.5. The Morgan fingerprint density at radius 3 is 2.82 bits per heavy atom. The van der Waals surface area contributed by atoms with Gasteiger partial charge in [0.05, 0.1) is 5.69 Å². The third-order valence-electron chi connectivity index (χ3n) is 5.68. The highest BCUT2D eigenvalue weighted by Gasteiger charge is 2.46. The standard InChI is InChI=1S/C21H20N3O3S/c1-27-16-9-4-8-14-18(16)22-12-15-19(14)23(13-6-2-3-7-13)21(26)24(20(15)25)17-10-5-11-28-17/h4-5,8-13,16H,2-3,6-7H2,1H3/q+1. The Morgan fingerprint density at radius 1 is 1.29 bits per heavy atom. The van der Waals surface area contributed by atoms with Gasteiger partial charge in [0.2, 0.25) is 0 Å². The van der Waals surface area contributed by atoms with Gasteiger partial charge >= 0.3 is 11.9 Å². The predicted molar refractivity (Wildman–Crippen MR) is 107 cm³/mol. The van der Waals surface area contributed by atoms with Gasteiger partial charge in [-0.3, -0.25) is 4.98 Å². The number of rotatable bonds is 3. The van der Waals surface area contributed by atoms with Crippen molar-refractivity contribution in [3.63, 3.8) is 0 Å². The number of ether oxygens (including phenoxy) is 1. The number of hydrogen-bond donors (Lipinski definition) is 0. The zero-order valence-electron chi connectivity index (χ0n) is 15.5. The molecule has 1 atom stereocenters. The molecule has 0 N–H and O–H groups in total. The number of anilines is 1. The van der Waals surface area contributed by atoms with Crippen LogP contribution in [0.2, 0.25) is 0 Å². The summed E-state index contributed by atoms with van der Waals surface area (Å²) in [6, 6.07) is 3.48. The van der Waals surface area contributed by atoms with Gasteiger partial charge in [-0.15, -0.1) is 16.2 Å². The van der Waals surface area contributed by atoms with Crippen molar-refractivity contribution >= 4 is 34.4 Å². The second kappa shape index (κ2) is 6.76. The summed E-state index contributed by atoms with van der Waals surface area (Å²) in [7, 11) is 1.63. The Bertz CT molecular complexity index is 1110. The Morgan fingerprint density at radius 2 is 2.11 bits per heavy atom. The van der Waals surface area contributed by atoms with Crippen molar-refractivity contribution in [3.05, 3.63) is 57.7 Å². The maximum atomic E-state index is 13.6. The topological polar surface area (TPSA) is 62.5 Å². The molecule has 0 spiro atoms. The highest BCUT2D eigenvalue weighted by molar-refractivity contribution is 7.14. The van der Waals surface area contributed by atoms with Crippen LogP contribution in [0.15, 0.2) is 35.9 Å². The van der Waals surface area contributed by atoms with Gasteiger partial charge in [-0.25, -0.2) is 4.79 Å². The highest BCUT2D eigenvalue weighted by atomic mass is 32.1. The van der Waals surface area contributed by atoms with E-state index >= 15 is 0 Å². The van der Waals surface area contributed by atoms with Crippen molar-refractivity contribution in [2.24, 2.45) is 0 Å². The molecule has 5 rings (SSSR count). The van der Waals surface area contributed by atoms with Crippen molar-refractivity contribution in [2.75, 3.05) is 12.0 Å². The van der Waals surface area contributed by atoms with E-state index in [4.69, 9.17) is 4.74 Å². The number of imide groups is 1. The molecule has 1 unspecified atom stereocenters. The maximum Gasteiger partial charge on any atom is 0.507 e. The lowest BCUT2D eigenvalue weighted by atomic mass is 10.0. The summed E-state index contributed by atoms with van der Waals surface area (Å²) in [5.41, 5.74) is 1.22. The molecule has 3 amide bonds. The second-order valence-corrected chi connectivity index (χ2v) is 8.14. The van der Waals surface area contributed by atoms with Gasteiger partial charge in [0, 0.05) is 18.5 Å². The highest BCUT2D eigenvalue weighted by Crippen LogP contribution is 2.27. The van der Waals surface area contributed by atoms with Gasteiger partial charge in [-0.05, 0) is 55.3 Å². The first-order chi connectivity index (χ1) is 13.7. The molecule has 142 valence electrons. The summed E-state index contributed by atoms with van der Waals surface area (Å²) in [5.74, 6) is -0.316. The average molecular weight is 394 g/mol. The summed E-state index contributed by atoms with van der Waals surface area (Å²) in [6.07, 6.45) is 11.2. The molecule has 28 heavy (non-hydrogen) atoms. The summed E-state index contributed by atoms with van der Waals surface area (Å²) in [4.78, 5) is 32.7. The van der Waals surface area contributed by atoms with Crippen LogP contribution in [0, 0.1) is 0 Å². The third-order valence-corrected chi connectivity index (χ3v) is 6.53. The van der Waals surface area contributed by atoms with Crippen molar-refractivity contribution in [1.29, 1.82) is 0 Å². The van der Waals surface area contributed by atoms with Gasteiger partial charge in [-0.1, -0.05) is 6.08 Å². The molecule has 3 aliphatic rings. The van der Waals surface area contributed by atoms with Gasteiger partial charge in [0.15, 0.2) is 10.4 Å². The van der Waals surface area contributed by atoms with Crippen LogP contribution in [-0.4, -0.2) is 30.1 Å². The molecule has 1 aliphatic heterocycles. The molecule has 2 aromatic heterocycles. The van der Waals surface area contributed by atoms with Crippen LogP contribution in [0.4, 0.5) is 9.80 Å². The number of urea groups is 1. The van der Waals surface area contributed by atoms with Gasteiger partial charge in [-0.2, -0.15) is 9.37 Å². The van der Waals surface area contributed by atoms with E-state index in [9.17, 15) is 9.59 Å². The molecule has 3 heterocycles. The second-order valence-electron chi connectivity index (χ2n) is 7.21. The number of methoxy groups -OCH3 is 1. The fourth-order valence-corrected chi connectivity index (χ4v) is 5.10. The molecule has 2 aromatic rings. The Labute approximate surface area is 166 Å². The number of carbonyl (C=O) groups excluding carboxylic acids is 2. The number of thiophene rings is 1. The minimum Gasteiger partial charge on any atom is -0.371 e. The Hall–Kier alpha value is -2.64. The number of aromatic nitrogens is 1. The normalized spacial score (nSPS) is 21.7. The number of fused-ring (bicyclic) bond motifs is 3. The van der Waals surface area contributed by atoms with Gasteiger partial charge in [0.25, 0.3) is 0 Å². The largest absolute Gasteiger partial charge is 0.507 e. The van der Waals surface area contributed by atoms with E-state index in [1.807, 2.05) is 34.3 Å². The van der Waals surface area contributed by atoms with Gasteiger partial charge in [0.1, 0.15) is 17.7 Å². The number of pyridine rings is 1. The molecular formula is C21H20N3O3S+. The Kier molecular flexibility index (Phi) is 4.21. The van der Waals surface area contributed by atoms with Crippen molar-refractivity contribution in [2.45, 2.75) is 37.8 Å². The fraction of sp³-hybridized carbons (Fsp3) is 0.333. The summed E-state index contributed by atoms with van der Waals surface area (Å²) in [5, 5.41) is 4.01. The quantitative estimate of drug-likeness (QED) is 0.750. The number of amides is 3. The lowest BCUT2D eigenvalue weighted by molar-refractivity contribution is 0.0982. The van der Waals surface area contributed by atoms with E-state index in [1.54, 1.807) is 19.4 Å². The van der Waals surface area contributed by atoms with E-state index in [0.29, 0.717) is 15.9 Å². The lowest BCUT2D eigenvalue weighted by Crippen LogP contribution is -2.62. The van der Waals surface area contributed by atoms with Crippen LogP contribution in [0.1, 0.15) is 47.8 Å². The number of hydrogen-bond acceptors (Lipinski definition) is 5. The van der Waals surface area contributed by atoms with Crippen molar-refractivity contribution < 1.29 is 14.3 Å². The van der Waals surface area contributed by atoms with E-state index in [-0.39, 0.29) is 24.1 Å². The minimum absolute atomic E-state index is 0.0913. The maximum absolute atomic E-state index is 13.6. The third kappa shape index (κ3) is 2.50. The van der Waals surface area contributed by atoms with E-state index in [1.165, 1.54) is 16.2 Å². The molecule has 6 nitrogen and oxygen atoms in total. The molecule has 1 saturated carbocycles. The average Bonchev–Trinajstić information content (AvgIpc) is 3.42. The lowest BCUT2D eigenvalue weighted by Gasteiger charge is -2.23. The first-order valence-corrected chi connectivity index (χ1v) is 10.4. The summed E-state index contributed by atoms with van der Waals surface area (Å²) < 4.78 is 7.38. The molecular weight excluding hydrogens is 374 g/mol. The van der Waals surface area contributed by atoms with Crippen LogP contribution in [0.3, 0.4) is 0 Å². The minimum atomic E-state index is -0.316. The van der Waals surface area contributed by atoms with Crippen LogP contribution in [-0.2, 0) is 4.74 Å². The van der Waals surface area contributed by atoms with Gasteiger partial charge < -0.3 is 4.74 Å². The monoisotopic (exact) mass is 394 g/mol. The van der Waals surface area contributed by atoms with Crippen molar-refractivity contribution in [1.82, 2.24) is 9.56 Å². The van der Waals surface area contributed by atoms with E-state index < -0.39 is 0 Å². The number of allylic oxidation sites excluding steroid dienone is 1. The fourth-order valence-electron chi connectivity index (χ4n) is 4.38. The zero-order valence-corrected chi connectivity index (χ0v) is 16.3. The SMILES string of the molecule is COC1C=CC=c2c1ncc1c2=[N+](C2CCCC2)C(=O)N(c2cccs2)C1=O. The predicted octanol–water partition coefficient (Wildman–Crippen LogP) is 2.40. The smallest absolute Gasteiger partial charge is 0.371 e.